The molecule has 1 amide bonds. The Kier molecular flexibility index (Phi) is 5.89. The summed E-state index contributed by atoms with van der Waals surface area (Å²) in [5.41, 5.74) is 2.17. The standard InChI is InChI=1S/C21H28N4O/c1-16(2)18-7-9-19(10-8-18)23-21(26)17(3)24-12-14-25(15-13-24)20-6-4-5-11-22-20/h4-11,16-17H,12-15H2,1-3H3,(H,23,26)/p+2/t17-/m0/s1. The van der Waals surface area contributed by atoms with Crippen molar-refractivity contribution < 1.29 is 14.7 Å². The zero-order chi connectivity index (χ0) is 18.5. The molecule has 26 heavy (non-hydrogen) atoms. The van der Waals surface area contributed by atoms with Gasteiger partial charge in [0.15, 0.2) is 6.04 Å². The van der Waals surface area contributed by atoms with Gasteiger partial charge in [0.2, 0.25) is 0 Å². The second kappa shape index (κ2) is 8.32. The van der Waals surface area contributed by atoms with E-state index in [-0.39, 0.29) is 11.9 Å². The first-order valence-corrected chi connectivity index (χ1v) is 9.51. The topological polar surface area (TPSA) is 50.9 Å². The molecule has 0 unspecified atom stereocenters. The molecule has 5 heteroatoms. The summed E-state index contributed by atoms with van der Waals surface area (Å²) in [5.74, 6) is 1.74. The fraction of sp³-hybridized carbons (Fsp3) is 0.429. The van der Waals surface area contributed by atoms with E-state index in [9.17, 15) is 4.79 Å². The molecule has 2 aromatic rings. The number of hydrogen-bond donors (Lipinski definition) is 2. The Bertz CT molecular complexity index is 707. The summed E-state index contributed by atoms with van der Waals surface area (Å²) in [7, 11) is 0. The number of rotatable bonds is 5. The van der Waals surface area contributed by atoms with Crippen molar-refractivity contribution in [2.75, 3.05) is 36.4 Å². The predicted molar refractivity (Wildman–Crippen MR) is 105 cm³/mol. The fourth-order valence-electron chi connectivity index (χ4n) is 3.44. The van der Waals surface area contributed by atoms with Gasteiger partial charge in [0.1, 0.15) is 26.2 Å². The van der Waals surface area contributed by atoms with Crippen LogP contribution < -0.4 is 20.1 Å². The van der Waals surface area contributed by atoms with Crippen LogP contribution in [0.25, 0.3) is 0 Å². The zero-order valence-corrected chi connectivity index (χ0v) is 16.0. The molecule has 0 saturated carbocycles. The van der Waals surface area contributed by atoms with Gasteiger partial charge in [-0.15, -0.1) is 0 Å². The first kappa shape index (κ1) is 18.4. The molecule has 1 aliphatic rings. The molecule has 2 heterocycles. The van der Waals surface area contributed by atoms with Crippen LogP contribution in [-0.4, -0.2) is 38.1 Å². The van der Waals surface area contributed by atoms with Gasteiger partial charge in [-0.3, -0.25) is 9.69 Å². The van der Waals surface area contributed by atoms with Crippen molar-refractivity contribution in [3.05, 3.63) is 54.2 Å². The molecule has 1 aromatic heterocycles. The molecule has 1 atom stereocenters. The monoisotopic (exact) mass is 354 g/mol. The van der Waals surface area contributed by atoms with Crippen LogP contribution in [0.3, 0.4) is 0 Å². The van der Waals surface area contributed by atoms with Gasteiger partial charge in [-0.2, -0.15) is 0 Å². The van der Waals surface area contributed by atoms with Crippen LogP contribution in [-0.2, 0) is 4.79 Å². The third-order valence-corrected chi connectivity index (χ3v) is 5.29. The Morgan fingerprint density at radius 2 is 1.77 bits per heavy atom. The van der Waals surface area contributed by atoms with Gasteiger partial charge in [-0.05, 0) is 36.6 Å². The summed E-state index contributed by atoms with van der Waals surface area (Å²) in [6.07, 6.45) is 1.95. The minimum atomic E-state index is -0.0540. The van der Waals surface area contributed by atoms with Crippen LogP contribution in [0.1, 0.15) is 32.3 Å². The molecule has 3 N–H and O–H groups in total. The summed E-state index contributed by atoms with van der Waals surface area (Å²) in [5, 5.41) is 3.07. The van der Waals surface area contributed by atoms with E-state index in [0.29, 0.717) is 5.92 Å². The molecule has 0 bridgehead atoms. The molecular formula is C21H30N4O+2. The van der Waals surface area contributed by atoms with E-state index in [1.54, 1.807) is 0 Å². The van der Waals surface area contributed by atoms with E-state index in [2.05, 4.69) is 47.2 Å². The van der Waals surface area contributed by atoms with Gasteiger partial charge in [0.25, 0.3) is 11.7 Å². The van der Waals surface area contributed by atoms with Crippen molar-refractivity contribution in [3.63, 3.8) is 0 Å². The van der Waals surface area contributed by atoms with Gasteiger partial charge >= 0.3 is 0 Å². The molecule has 138 valence electrons. The van der Waals surface area contributed by atoms with Crippen LogP contribution in [0, 0.1) is 0 Å². The van der Waals surface area contributed by atoms with Gasteiger partial charge in [-0.25, -0.2) is 4.98 Å². The maximum Gasteiger partial charge on any atom is 0.282 e. The normalized spacial score (nSPS) is 16.5. The van der Waals surface area contributed by atoms with E-state index in [0.717, 1.165) is 37.7 Å². The zero-order valence-electron chi connectivity index (χ0n) is 16.0. The number of amides is 1. The molecule has 0 spiro atoms. The summed E-state index contributed by atoms with van der Waals surface area (Å²) in [6.45, 7) is 10.2. The number of quaternary nitrogens is 1. The third kappa shape index (κ3) is 4.41. The van der Waals surface area contributed by atoms with Crippen LogP contribution in [0.4, 0.5) is 11.5 Å². The van der Waals surface area contributed by atoms with Crippen molar-refractivity contribution in [1.82, 2.24) is 0 Å². The average molecular weight is 354 g/mol. The number of hydrogen-bond acceptors (Lipinski definition) is 2. The van der Waals surface area contributed by atoms with E-state index in [1.807, 2.05) is 37.4 Å². The van der Waals surface area contributed by atoms with E-state index in [4.69, 9.17) is 0 Å². The number of aromatic amines is 1. The Labute approximate surface area is 156 Å². The lowest BCUT2D eigenvalue weighted by Gasteiger charge is -2.31. The van der Waals surface area contributed by atoms with Crippen LogP contribution in [0.15, 0.2) is 48.7 Å². The van der Waals surface area contributed by atoms with Crippen LogP contribution in [0.2, 0.25) is 0 Å². The minimum Gasteiger partial charge on any atom is -0.321 e. The second-order valence-electron chi connectivity index (χ2n) is 7.38. The first-order valence-electron chi connectivity index (χ1n) is 9.51. The summed E-state index contributed by atoms with van der Waals surface area (Å²) < 4.78 is 0. The van der Waals surface area contributed by atoms with Crippen molar-refractivity contribution in [1.29, 1.82) is 0 Å². The Morgan fingerprint density at radius 1 is 1.08 bits per heavy atom. The lowest BCUT2D eigenvalue weighted by atomic mass is 10.0. The van der Waals surface area contributed by atoms with Gasteiger partial charge in [0.05, 0.1) is 6.20 Å². The highest BCUT2D eigenvalue weighted by molar-refractivity contribution is 5.93. The van der Waals surface area contributed by atoms with Crippen molar-refractivity contribution in [3.8, 4) is 0 Å². The minimum absolute atomic E-state index is 0.0540. The van der Waals surface area contributed by atoms with Gasteiger partial charge < -0.3 is 10.2 Å². The smallest absolute Gasteiger partial charge is 0.282 e. The molecule has 0 aliphatic carbocycles. The number of nitrogens with zero attached hydrogens (tertiary/aromatic N) is 1. The number of H-pyrrole nitrogens is 1. The summed E-state index contributed by atoms with van der Waals surface area (Å²) in [4.78, 5) is 19.6. The van der Waals surface area contributed by atoms with Crippen LogP contribution >= 0.6 is 0 Å². The maximum atomic E-state index is 12.6. The number of nitrogens with one attached hydrogen (secondary N) is 3. The summed E-state index contributed by atoms with van der Waals surface area (Å²) >= 11 is 0. The first-order chi connectivity index (χ1) is 12.5. The molecule has 1 fully saturated rings. The largest absolute Gasteiger partial charge is 0.321 e. The lowest BCUT2D eigenvalue weighted by molar-refractivity contribution is -0.914. The van der Waals surface area contributed by atoms with Crippen molar-refractivity contribution in [2.24, 2.45) is 0 Å². The number of piperazine rings is 1. The highest BCUT2D eigenvalue weighted by atomic mass is 16.2. The third-order valence-electron chi connectivity index (χ3n) is 5.29. The Balaban J connectivity index is 1.53. The maximum absolute atomic E-state index is 12.6. The van der Waals surface area contributed by atoms with E-state index in [1.165, 1.54) is 10.5 Å². The summed E-state index contributed by atoms with van der Waals surface area (Å²) in [6, 6.07) is 14.3. The van der Waals surface area contributed by atoms with Gasteiger partial charge in [-0.1, -0.05) is 32.0 Å². The molecule has 1 aliphatic heterocycles. The Hall–Kier alpha value is -2.40. The van der Waals surface area contributed by atoms with E-state index < -0.39 is 0 Å². The highest BCUT2D eigenvalue weighted by Gasteiger charge is 2.32. The molecule has 3 rings (SSSR count). The number of anilines is 2. The Morgan fingerprint density at radius 3 is 2.35 bits per heavy atom. The molecule has 1 aromatic carbocycles. The number of pyridine rings is 1. The fourth-order valence-corrected chi connectivity index (χ4v) is 3.44. The highest BCUT2D eigenvalue weighted by Crippen LogP contribution is 2.17. The number of benzene rings is 1. The number of aromatic nitrogens is 1. The number of carbonyl (C=O) groups is 1. The molecular weight excluding hydrogens is 324 g/mol. The molecule has 1 saturated heterocycles. The second-order valence-corrected chi connectivity index (χ2v) is 7.38. The molecule has 5 nitrogen and oxygen atoms in total. The average Bonchev–Trinajstić information content (AvgIpc) is 2.68. The predicted octanol–water partition coefficient (Wildman–Crippen LogP) is 1.36. The van der Waals surface area contributed by atoms with Crippen molar-refractivity contribution >= 4 is 17.4 Å². The van der Waals surface area contributed by atoms with Crippen molar-refractivity contribution in [2.45, 2.75) is 32.7 Å². The van der Waals surface area contributed by atoms with Gasteiger partial charge in [0, 0.05) is 11.8 Å². The quantitative estimate of drug-likeness (QED) is 0.852. The number of carbonyl (C=O) groups excluding carboxylic acids is 1. The SMILES string of the molecule is CC(C)c1ccc(NC(=O)[C@H](C)[NH+]2CCN(c3cccc[nH+]3)CC2)cc1. The van der Waals surface area contributed by atoms with Crippen LogP contribution in [0.5, 0.6) is 0 Å². The van der Waals surface area contributed by atoms with E-state index >= 15 is 0 Å². The molecule has 0 radical (unpaired) electrons. The lowest BCUT2D eigenvalue weighted by Crippen LogP contribution is -3.19.